The van der Waals surface area contributed by atoms with Gasteiger partial charge in [-0.15, -0.1) is 0 Å². The predicted molar refractivity (Wildman–Crippen MR) is 159 cm³/mol. The molecule has 0 spiro atoms. The van der Waals surface area contributed by atoms with Gasteiger partial charge in [0.25, 0.3) is 0 Å². The molecule has 0 heterocycles. The average Bonchev–Trinajstić information content (AvgIpc) is 2.81. The summed E-state index contributed by atoms with van der Waals surface area (Å²) in [5.41, 5.74) is 1.10. The van der Waals surface area contributed by atoms with E-state index in [2.05, 4.69) is 31.4 Å². The summed E-state index contributed by atoms with van der Waals surface area (Å²) in [4.78, 5) is 42.8. The van der Waals surface area contributed by atoms with Crippen molar-refractivity contribution in [3.8, 4) is 0 Å². The Labute approximate surface area is 237 Å². The number of hydrogen-bond donors (Lipinski definition) is 2. The molecule has 0 saturated heterocycles. The van der Waals surface area contributed by atoms with Gasteiger partial charge in [0.1, 0.15) is 17.7 Å². The zero-order chi connectivity index (χ0) is 29.8. The van der Waals surface area contributed by atoms with E-state index < -0.39 is 23.8 Å². The standard InChI is InChI=1S/C32H55N3O4/c1-11-12-13-19-33-29(36)28(26-16-14-15-24(6)21-26)35(25(7)18-17-22(2)3)30(37)27(20-23(4)5)34-31(38)39-32(8,9)10/h14-16,21-23,25,27-28H,11-13,17-20H2,1-10H3,(H,33,36)(H,34,38). The van der Waals surface area contributed by atoms with Gasteiger partial charge in [-0.2, -0.15) is 0 Å². The molecule has 1 aromatic carbocycles. The zero-order valence-corrected chi connectivity index (χ0v) is 26.2. The molecule has 3 amide bonds. The molecule has 1 rings (SSSR count). The van der Waals surface area contributed by atoms with E-state index in [9.17, 15) is 14.4 Å². The number of ether oxygens (including phenoxy) is 1. The lowest BCUT2D eigenvalue weighted by atomic mass is 9.94. The minimum atomic E-state index is -0.818. The Balaban J connectivity index is 3.56. The molecule has 0 aromatic heterocycles. The van der Waals surface area contributed by atoms with Crippen LogP contribution in [0.4, 0.5) is 4.79 Å². The molecular weight excluding hydrogens is 490 g/mol. The minimum Gasteiger partial charge on any atom is -0.444 e. The highest BCUT2D eigenvalue weighted by Gasteiger charge is 2.39. The number of carbonyl (C=O) groups is 3. The van der Waals surface area contributed by atoms with Gasteiger partial charge in [0, 0.05) is 12.6 Å². The van der Waals surface area contributed by atoms with Gasteiger partial charge in [0.05, 0.1) is 0 Å². The molecule has 0 aliphatic carbocycles. The number of benzene rings is 1. The van der Waals surface area contributed by atoms with E-state index in [-0.39, 0.29) is 23.8 Å². The summed E-state index contributed by atoms with van der Waals surface area (Å²) in [6, 6.07) is 5.95. The fraction of sp³-hybridized carbons (Fsp3) is 0.719. The number of amides is 3. The topological polar surface area (TPSA) is 87.7 Å². The van der Waals surface area contributed by atoms with Crippen molar-refractivity contribution in [3.63, 3.8) is 0 Å². The quantitative estimate of drug-likeness (QED) is 0.234. The van der Waals surface area contributed by atoms with E-state index in [0.717, 1.165) is 43.2 Å². The van der Waals surface area contributed by atoms with Crippen LogP contribution in [-0.4, -0.2) is 47.0 Å². The molecule has 7 nitrogen and oxygen atoms in total. The number of unbranched alkanes of at least 4 members (excludes halogenated alkanes) is 2. The van der Waals surface area contributed by atoms with Crippen molar-refractivity contribution in [1.29, 1.82) is 0 Å². The normalized spacial score (nSPS) is 14.1. The monoisotopic (exact) mass is 545 g/mol. The van der Waals surface area contributed by atoms with Gasteiger partial charge in [0.2, 0.25) is 11.8 Å². The smallest absolute Gasteiger partial charge is 0.408 e. The van der Waals surface area contributed by atoms with E-state index in [1.54, 1.807) is 25.7 Å². The van der Waals surface area contributed by atoms with Crippen LogP contribution in [0.25, 0.3) is 0 Å². The first-order chi connectivity index (χ1) is 18.2. The molecule has 0 radical (unpaired) electrons. The second-order valence-corrected chi connectivity index (χ2v) is 12.7. The summed E-state index contributed by atoms with van der Waals surface area (Å²) in [6.45, 7) is 20.4. The Morgan fingerprint density at radius 3 is 2.18 bits per heavy atom. The molecule has 3 atom stereocenters. The first-order valence-electron chi connectivity index (χ1n) is 14.8. The number of aryl methyl sites for hydroxylation is 1. The van der Waals surface area contributed by atoms with Gasteiger partial charge in [-0.05, 0) is 77.7 Å². The fourth-order valence-electron chi connectivity index (χ4n) is 4.60. The highest BCUT2D eigenvalue weighted by atomic mass is 16.6. The average molecular weight is 546 g/mol. The van der Waals surface area contributed by atoms with Crippen molar-refractivity contribution in [2.45, 2.75) is 131 Å². The molecule has 222 valence electrons. The Kier molecular flexibility index (Phi) is 14.6. The summed E-state index contributed by atoms with van der Waals surface area (Å²) in [5, 5.41) is 5.93. The zero-order valence-electron chi connectivity index (χ0n) is 26.2. The molecular formula is C32H55N3O4. The van der Waals surface area contributed by atoms with Crippen molar-refractivity contribution >= 4 is 17.9 Å². The molecule has 2 N–H and O–H groups in total. The molecule has 1 aromatic rings. The van der Waals surface area contributed by atoms with Crippen molar-refractivity contribution in [1.82, 2.24) is 15.5 Å². The van der Waals surface area contributed by atoms with Gasteiger partial charge in [-0.1, -0.05) is 77.3 Å². The molecule has 7 heteroatoms. The van der Waals surface area contributed by atoms with Crippen LogP contribution in [0.15, 0.2) is 24.3 Å². The summed E-state index contributed by atoms with van der Waals surface area (Å²) >= 11 is 0. The third-order valence-corrected chi connectivity index (χ3v) is 6.55. The summed E-state index contributed by atoms with van der Waals surface area (Å²) < 4.78 is 5.50. The Bertz CT molecular complexity index is 907. The van der Waals surface area contributed by atoms with E-state index in [1.807, 2.05) is 52.0 Å². The van der Waals surface area contributed by atoms with Gasteiger partial charge >= 0.3 is 6.09 Å². The largest absolute Gasteiger partial charge is 0.444 e. The summed E-state index contributed by atoms with van der Waals surface area (Å²) in [6.07, 6.45) is 4.43. The van der Waals surface area contributed by atoms with Gasteiger partial charge in [-0.25, -0.2) is 4.79 Å². The second kappa shape index (κ2) is 16.5. The summed E-state index contributed by atoms with van der Waals surface area (Å²) in [7, 11) is 0. The first-order valence-corrected chi connectivity index (χ1v) is 14.8. The highest BCUT2D eigenvalue weighted by molar-refractivity contribution is 5.92. The highest BCUT2D eigenvalue weighted by Crippen LogP contribution is 2.29. The van der Waals surface area contributed by atoms with E-state index >= 15 is 0 Å². The SMILES string of the molecule is CCCCCNC(=O)C(c1cccc(C)c1)N(C(=O)C(CC(C)C)NC(=O)OC(C)(C)C)C(C)CCC(C)C. The summed E-state index contributed by atoms with van der Waals surface area (Å²) in [5.74, 6) is 0.140. The van der Waals surface area contributed by atoms with Crippen LogP contribution in [0.1, 0.15) is 118 Å². The third-order valence-electron chi connectivity index (χ3n) is 6.55. The Morgan fingerprint density at radius 2 is 1.64 bits per heavy atom. The van der Waals surface area contributed by atoms with E-state index in [0.29, 0.717) is 18.9 Å². The predicted octanol–water partition coefficient (Wildman–Crippen LogP) is 6.94. The molecule has 0 fully saturated rings. The molecule has 3 unspecified atom stereocenters. The molecule has 0 bridgehead atoms. The van der Waals surface area contributed by atoms with Crippen LogP contribution >= 0.6 is 0 Å². The van der Waals surface area contributed by atoms with Crippen molar-refractivity contribution in [3.05, 3.63) is 35.4 Å². The minimum absolute atomic E-state index is 0.141. The molecule has 0 saturated carbocycles. The third kappa shape index (κ3) is 12.9. The van der Waals surface area contributed by atoms with E-state index in [1.165, 1.54) is 0 Å². The Hall–Kier alpha value is -2.57. The van der Waals surface area contributed by atoms with Gasteiger partial charge in [-0.3, -0.25) is 9.59 Å². The van der Waals surface area contributed by atoms with Crippen molar-refractivity contribution in [2.24, 2.45) is 11.8 Å². The number of alkyl carbamates (subject to hydrolysis) is 1. The van der Waals surface area contributed by atoms with Gasteiger partial charge < -0.3 is 20.3 Å². The van der Waals surface area contributed by atoms with Crippen LogP contribution in [0.2, 0.25) is 0 Å². The van der Waals surface area contributed by atoms with Gasteiger partial charge in [0.15, 0.2) is 0 Å². The van der Waals surface area contributed by atoms with E-state index in [4.69, 9.17) is 4.74 Å². The number of rotatable bonds is 15. The lowest BCUT2D eigenvalue weighted by Gasteiger charge is -2.39. The number of hydrogen-bond acceptors (Lipinski definition) is 4. The molecule has 0 aliphatic heterocycles. The van der Waals surface area contributed by atoms with Crippen LogP contribution in [0, 0.1) is 18.8 Å². The Morgan fingerprint density at radius 1 is 0.974 bits per heavy atom. The maximum absolute atomic E-state index is 14.4. The van der Waals surface area contributed by atoms with Crippen molar-refractivity contribution in [2.75, 3.05) is 6.54 Å². The molecule has 0 aliphatic rings. The number of nitrogens with zero attached hydrogens (tertiary/aromatic N) is 1. The van der Waals surface area contributed by atoms with Crippen LogP contribution in [0.3, 0.4) is 0 Å². The molecule has 39 heavy (non-hydrogen) atoms. The maximum atomic E-state index is 14.4. The first kappa shape index (κ1) is 34.5. The lowest BCUT2D eigenvalue weighted by molar-refractivity contribution is -0.145. The second-order valence-electron chi connectivity index (χ2n) is 12.7. The lowest BCUT2D eigenvalue weighted by Crippen LogP contribution is -2.56. The van der Waals surface area contributed by atoms with Crippen LogP contribution in [-0.2, 0) is 14.3 Å². The fourth-order valence-corrected chi connectivity index (χ4v) is 4.60. The van der Waals surface area contributed by atoms with Crippen LogP contribution in [0.5, 0.6) is 0 Å². The van der Waals surface area contributed by atoms with Crippen molar-refractivity contribution < 1.29 is 19.1 Å². The number of carbonyl (C=O) groups excluding carboxylic acids is 3. The van der Waals surface area contributed by atoms with Crippen LogP contribution < -0.4 is 10.6 Å². The maximum Gasteiger partial charge on any atom is 0.408 e. The number of nitrogens with one attached hydrogen (secondary N) is 2.